The van der Waals surface area contributed by atoms with Gasteiger partial charge in [0.05, 0.1) is 35.1 Å². The first-order valence-corrected chi connectivity index (χ1v) is 10.9. The van der Waals surface area contributed by atoms with Gasteiger partial charge in [0.1, 0.15) is 12.3 Å². The van der Waals surface area contributed by atoms with Gasteiger partial charge >= 0.3 is 0 Å². The lowest BCUT2D eigenvalue weighted by Crippen LogP contribution is -2.39. The summed E-state index contributed by atoms with van der Waals surface area (Å²) in [7, 11) is 5.13. The molecule has 0 saturated heterocycles. The molecule has 1 aromatic heterocycles. The summed E-state index contributed by atoms with van der Waals surface area (Å²) in [5.41, 5.74) is 2.95. The number of para-hydroxylation sites is 1. The molecule has 0 saturated carbocycles. The van der Waals surface area contributed by atoms with Crippen LogP contribution in [-0.2, 0) is 11.8 Å². The maximum atomic E-state index is 13.4. The molecule has 3 aromatic rings. The van der Waals surface area contributed by atoms with Crippen LogP contribution in [0.15, 0.2) is 72.0 Å². The van der Waals surface area contributed by atoms with Crippen LogP contribution in [0.2, 0.25) is 5.02 Å². The molecule has 0 bridgehead atoms. The maximum Gasteiger partial charge on any atom is 0.262 e. The minimum absolute atomic E-state index is 0.139. The number of aromatic nitrogens is 1. The van der Waals surface area contributed by atoms with Gasteiger partial charge in [-0.3, -0.25) is 9.59 Å². The first-order chi connectivity index (χ1) is 15.9. The topological polar surface area (TPSA) is 67.1 Å². The molecule has 0 fully saturated rings. The van der Waals surface area contributed by atoms with Crippen molar-refractivity contribution < 1.29 is 14.3 Å². The predicted octanol–water partition coefficient (Wildman–Crippen LogP) is 4.14. The standard InChI is InChI=1S/C25H25ClN4O3/c1-28-14-8-12-21(28)20-15-22(18-10-5-7-13-23(18)33-3)30(27-20)24(31)16-29(2)25(32)17-9-4-6-11-19(17)26/h4-14,22H,15-16H2,1-3H3. The van der Waals surface area contributed by atoms with Crippen molar-refractivity contribution in [3.63, 3.8) is 0 Å². The summed E-state index contributed by atoms with van der Waals surface area (Å²) in [5, 5.41) is 6.50. The van der Waals surface area contributed by atoms with Crippen LogP contribution in [0.4, 0.5) is 0 Å². The Morgan fingerprint density at radius 2 is 1.85 bits per heavy atom. The zero-order valence-electron chi connectivity index (χ0n) is 18.7. The summed E-state index contributed by atoms with van der Waals surface area (Å²) >= 11 is 6.17. The van der Waals surface area contributed by atoms with Crippen molar-refractivity contribution in [2.75, 3.05) is 20.7 Å². The number of benzene rings is 2. The molecule has 7 nitrogen and oxygen atoms in total. The van der Waals surface area contributed by atoms with Gasteiger partial charge in [0.2, 0.25) is 0 Å². The second kappa shape index (κ2) is 9.50. The molecular weight excluding hydrogens is 440 g/mol. The molecule has 0 N–H and O–H groups in total. The third-order valence-electron chi connectivity index (χ3n) is 5.73. The van der Waals surface area contributed by atoms with E-state index < -0.39 is 0 Å². The first-order valence-electron chi connectivity index (χ1n) is 10.5. The van der Waals surface area contributed by atoms with Crippen molar-refractivity contribution in [1.82, 2.24) is 14.5 Å². The van der Waals surface area contributed by atoms with E-state index in [4.69, 9.17) is 16.3 Å². The molecular formula is C25H25ClN4O3. The van der Waals surface area contributed by atoms with Crippen molar-refractivity contribution >= 4 is 29.1 Å². The molecule has 2 amide bonds. The van der Waals surface area contributed by atoms with Crippen LogP contribution in [0, 0.1) is 0 Å². The zero-order valence-corrected chi connectivity index (χ0v) is 19.5. The molecule has 33 heavy (non-hydrogen) atoms. The van der Waals surface area contributed by atoms with Gasteiger partial charge in [0, 0.05) is 32.3 Å². The fraction of sp³-hybridized carbons (Fsp3) is 0.240. The smallest absolute Gasteiger partial charge is 0.262 e. The highest BCUT2D eigenvalue weighted by atomic mass is 35.5. The van der Waals surface area contributed by atoms with Crippen LogP contribution >= 0.6 is 11.6 Å². The van der Waals surface area contributed by atoms with Gasteiger partial charge < -0.3 is 14.2 Å². The second-order valence-corrected chi connectivity index (χ2v) is 8.30. The van der Waals surface area contributed by atoms with Gasteiger partial charge in [-0.15, -0.1) is 0 Å². The highest BCUT2D eigenvalue weighted by molar-refractivity contribution is 6.33. The third-order valence-corrected chi connectivity index (χ3v) is 6.06. The van der Waals surface area contributed by atoms with Crippen molar-refractivity contribution in [3.05, 3.63) is 88.7 Å². The Kier molecular flexibility index (Phi) is 6.51. The number of rotatable bonds is 6. The molecule has 0 aliphatic carbocycles. The average Bonchev–Trinajstić information content (AvgIpc) is 3.45. The molecule has 2 aromatic carbocycles. The van der Waals surface area contributed by atoms with E-state index in [1.54, 1.807) is 38.4 Å². The number of hydrazone groups is 1. The van der Waals surface area contributed by atoms with Gasteiger partial charge in [-0.2, -0.15) is 5.10 Å². The number of amides is 2. The number of halogens is 1. The fourth-order valence-electron chi connectivity index (χ4n) is 4.03. The number of hydrogen-bond donors (Lipinski definition) is 0. The average molecular weight is 465 g/mol. The van der Waals surface area contributed by atoms with Crippen LogP contribution in [0.3, 0.4) is 0 Å². The van der Waals surface area contributed by atoms with Crippen LogP contribution in [-0.4, -0.2) is 52.7 Å². The van der Waals surface area contributed by atoms with Gasteiger partial charge in [-0.25, -0.2) is 5.01 Å². The van der Waals surface area contributed by atoms with Gasteiger partial charge in [-0.1, -0.05) is 41.9 Å². The lowest BCUT2D eigenvalue weighted by atomic mass is 9.99. The summed E-state index contributed by atoms with van der Waals surface area (Å²) in [6, 6.07) is 18.0. The van der Waals surface area contributed by atoms with Crippen molar-refractivity contribution in [2.45, 2.75) is 12.5 Å². The lowest BCUT2D eigenvalue weighted by Gasteiger charge is -2.26. The second-order valence-electron chi connectivity index (χ2n) is 7.89. The number of nitrogens with zero attached hydrogens (tertiary/aromatic N) is 4. The largest absolute Gasteiger partial charge is 0.496 e. The van der Waals surface area contributed by atoms with Crippen LogP contribution < -0.4 is 4.74 Å². The molecule has 1 aliphatic rings. The van der Waals surface area contributed by atoms with E-state index in [1.165, 1.54) is 9.91 Å². The Labute approximate surface area is 197 Å². The number of hydrogen-bond acceptors (Lipinski definition) is 4. The van der Waals surface area contributed by atoms with Crippen molar-refractivity contribution in [2.24, 2.45) is 12.1 Å². The monoisotopic (exact) mass is 464 g/mol. The summed E-state index contributed by atoms with van der Waals surface area (Å²) < 4.78 is 7.52. The number of likely N-dealkylation sites (N-methyl/N-ethyl adjacent to an activating group) is 1. The number of aryl methyl sites for hydroxylation is 1. The van der Waals surface area contributed by atoms with Crippen LogP contribution in [0.1, 0.15) is 34.1 Å². The maximum absolute atomic E-state index is 13.4. The molecule has 170 valence electrons. The number of carbonyl (C=O) groups is 2. The van der Waals surface area contributed by atoms with E-state index >= 15 is 0 Å². The number of methoxy groups -OCH3 is 1. The SMILES string of the molecule is COc1ccccc1C1CC(c2cccn2C)=NN1C(=O)CN(C)C(=O)c1ccccc1Cl. The minimum atomic E-state index is -0.345. The zero-order chi connectivity index (χ0) is 23.5. The fourth-order valence-corrected chi connectivity index (χ4v) is 4.24. The molecule has 0 spiro atoms. The van der Waals surface area contributed by atoms with Crippen molar-refractivity contribution in [1.29, 1.82) is 0 Å². The van der Waals surface area contributed by atoms with Gasteiger partial charge in [0.15, 0.2) is 0 Å². The third kappa shape index (κ3) is 4.50. The lowest BCUT2D eigenvalue weighted by molar-refractivity contribution is -0.133. The Bertz CT molecular complexity index is 1220. The normalized spacial score (nSPS) is 15.3. The van der Waals surface area contributed by atoms with E-state index in [-0.39, 0.29) is 24.4 Å². The van der Waals surface area contributed by atoms with E-state index in [0.29, 0.717) is 22.8 Å². The quantitative estimate of drug-likeness (QED) is 0.550. The highest BCUT2D eigenvalue weighted by Crippen LogP contribution is 2.37. The number of ether oxygens (including phenoxy) is 1. The first kappa shape index (κ1) is 22.6. The molecule has 1 atom stereocenters. The predicted molar refractivity (Wildman–Crippen MR) is 128 cm³/mol. The molecule has 2 heterocycles. The highest BCUT2D eigenvalue weighted by Gasteiger charge is 2.36. The summed E-state index contributed by atoms with van der Waals surface area (Å²) in [4.78, 5) is 27.6. The summed E-state index contributed by atoms with van der Waals surface area (Å²) in [6.07, 6.45) is 2.47. The van der Waals surface area contributed by atoms with Gasteiger partial charge in [0.25, 0.3) is 11.8 Å². The Balaban J connectivity index is 1.63. The summed E-state index contributed by atoms with van der Waals surface area (Å²) in [6.45, 7) is -0.139. The minimum Gasteiger partial charge on any atom is -0.496 e. The molecule has 0 radical (unpaired) electrons. The molecule has 4 rings (SSSR count). The van der Waals surface area contributed by atoms with E-state index in [1.807, 2.05) is 54.2 Å². The van der Waals surface area contributed by atoms with Crippen LogP contribution in [0.25, 0.3) is 0 Å². The molecule has 8 heteroatoms. The van der Waals surface area contributed by atoms with Crippen molar-refractivity contribution in [3.8, 4) is 5.75 Å². The van der Waals surface area contributed by atoms with E-state index in [0.717, 1.165) is 17.0 Å². The Morgan fingerprint density at radius 3 is 2.55 bits per heavy atom. The number of carbonyl (C=O) groups excluding carboxylic acids is 2. The molecule has 1 aliphatic heterocycles. The van der Waals surface area contributed by atoms with E-state index in [9.17, 15) is 9.59 Å². The Hall–Kier alpha value is -3.58. The van der Waals surface area contributed by atoms with E-state index in [2.05, 4.69) is 5.10 Å². The van der Waals surface area contributed by atoms with Gasteiger partial charge in [-0.05, 0) is 30.3 Å². The van der Waals surface area contributed by atoms with Crippen LogP contribution in [0.5, 0.6) is 5.75 Å². The summed E-state index contributed by atoms with van der Waals surface area (Å²) in [5.74, 6) is 0.0655. The molecule has 1 unspecified atom stereocenters. The Morgan fingerprint density at radius 1 is 1.12 bits per heavy atom.